The van der Waals surface area contributed by atoms with E-state index in [1.54, 1.807) is 11.9 Å². The van der Waals surface area contributed by atoms with Crippen molar-refractivity contribution in [1.29, 1.82) is 0 Å². The first-order valence-electron chi connectivity index (χ1n) is 5.95. The molecule has 3 aromatic rings. The molecule has 0 amide bonds. The van der Waals surface area contributed by atoms with Gasteiger partial charge in [-0.15, -0.1) is 15.0 Å². The van der Waals surface area contributed by atoms with Crippen LogP contribution in [0.25, 0.3) is 16.7 Å². The molecule has 2 N–H and O–H groups in total. The number of nitrogens with two attached hydrogens (primary N) is 1. The Bertz CT molecular complexity index is 715. The first kappa shape index (κ1) is 11.5. The van der Waals surface area contributed by atoms with E-state index in [-0.39, 0.29) is 0 Å². The SMILES string of the molecule is COc1c(N)cc(C)cc1-n1nc2ccccc2n1. The number of nitrogen functional groups attached to an aromatic ring is 1. The van der Waals surface area contributed by atoms with Crippen molar-refractivity contribution in [3.8, 4) is 11.4 Å². The van der Waals surface area contributed by atoms with Crippen LogP contribution in [0.3, 0.4) is 0 Å². The van der Waals surface area contributed by atoms with Crippen molar-refractivity contribution < 1.29 is 4.74 Å². The molecule has 0 aliphatic heterocycles. The van der Waals surface area contributed by atoms with E-state index in [4.69, 9.17) is 10.5 Å². The Hall–Kier alpha value is -2.56. The molecule has 0 saturated carbocycles. The summed E-state index contributed by atoms with van der Waals surface area (Å²) in [6, 6.07) is 11.5. The Morgan fingerprint density at radius 3 is 2.32 bits per heavy atom. The predicted molar refractivity (Wildman–Crippen MR) is 74.6 cm³/mol. The minimum Gasteiger partial charge on any atom is -0.492 e. The van der Waals surface area contributed by atoms with Crippen LogP contribution in [-0.4, -0.2) is 22.1 Å². The zero-order valence-electron chi connectivity index (χ0n) is 10.8. The average Bonchev–Trinajstić information content (AvgIpc) is 2.81. The number of hydrogen-bond acceptors (Lipinski definition) is 4. The fraction of sp³-hybridized carbons (Fsp3) is 0.143. The Morgan fingerprint density at radius 1 is 1.11 bits per heavy atom. The van der Waals surface area contributed by atoms with Crippen LogP contribution in [0.15, 0.2) is 36.4 Å². The van der Waals surface area contributed by atoms with Crippen molar-refractivity contribution in [3.63, 3.8) is 0 Å². The molecule has 19 heavy (non-hydrogen) atoms. The first-order valence-corrected chi connectivity index (χ1v) is 5.95. The molecule has 0 atom stereocenters. The summed E-state index contributed by atoms with van der Waals surface area (Å²) in [7, 11) is 1.59. The molecular weight excluding hydrogens is 240 g/mol. The van der Waals surface area contributed by atoms with Crippen molar-refractivity contribution in [3.05, 3.63) is 42.0 Å². The number of rotatable bonds is 2. The highest BCUT2D eigenvalue weighted by atomic mass is 16.5. The lowest BCUT2D eigenvalue weighted by molar-refractivity contribution is 0.412. The Labute approximate surface area is 110 Å². The molecule has 96 valence electrons. The molecule has 0 fully saturated rings. The van der Waals surface area contributed by atoms with Crippen molar-refractivity contribution in [1.82, 2.24) is 15.0 Å². The van der Waals surface area contributed by atoms with Crippen LogP contribution in [0, 0.1) is 6.92 Å². The number of aryl methyl sites for hydroxylation is 1. The van der Waals surface area contributed by atoms with E-state index >= 15 is 0 Å². The van der Waals surface area contributed by atoms with E-state index in [1.807, 2.05) is 43.3 Å². The summed E-state index contributed by atoms with van der Waals surface area (Å²) in [5.74, 6) is 0.589. The summed E-state index contributed by atoms with van der Waals surface area (Å²) in [4.78, 5) is 1.56. The van der Waals surface area contributed by atoms with Gasteiger partial charge in [0.1, 0.15) is 16.7 Å². The maximum absolute atomic E-state index is 5.97. The molecule has 1 heterocycles. The van der Waals surface area contributed by atoms with Crippen LogP contribution in [0.5, 0.6) is 5.75 Å². The van der Waals surface area contributed by atoms with Gasteiger partial charge in [0.2, 0.25) is 0 Å². The van der Waals surface area contributed by atoms with Gasteiger partial charge in [-0.2, -0.15) is 0 Å². The standard InChI is InChI=1S/C14H14N4O/c1-9-7-10(15)14(19-2)13(8-9)18-16-11-5-3-4-6-12(11)17-18/h3-8H,15H2,1-2H3. The van der Waals surface area contributed by atoms with Gasteiger partial charge in [-0.3, -0.25) is 0 Å². The third-order valence-electron chi connectivity index (χ3n) is 2.95. The van der Waals surface area contributed by atoms with Gasteiger partial charge < -0.3 is 10.5 Å². The van der Waals surface area contributed by atoms with Gasteiger partial charge in [-0.25, -0.2) is 0 Å². The number of ether oxygens (including phenoxy) is 1. The van der Waals surface area contributed by atoms with Crippen molar-refractivity contribution in [2.24, 2.45) is 0 Å². The number of nitrogens with zero attached hydrogens (tertiary/aromatic N) is 3. The lowest BCUT2D eigenvalue weighted by Gasteiger charge is -2.11. The van der Waals surface area contributed by atoms with Crippen LogP contribution in [-0.2, 0) is 0 Å². The van der Waals surface area contributed by atoms with Crippen LogP contribution >= 0.6 is 0 Å². The summed E-state index contributed by atoms with van der Waals surface area (Å²) in [6.45, 7) is 1.97. The Morgan fingerprint density at radius 2 is 1.74 bits per heavy atom. The largest absolute Gasteiger partial charge is 0.492 e. The van der Waals surface area contributed by atoms with Gasteiger partial charge in [0.05, 0.1) is 12.8 Å². The van der Waals surface area contributed by atoms with Gasteiger partial charge in [-0.1, -0.05) is 12.1 Å². The number of benzene rings is 2. The molecule has 0 radical (unpaired) electrons. The predicted octanol–water partition coefficient (Wildman–Crippen LogP) is 2.32. The number of fused-ring (bicyclic) bond motifs is 1. The molecule has 0 spiro atoms. The number of anilines is 1. The van der Waals surface area contributed by atoms with E-state index in [1.165, 1.54) is 0 Å². The van der Waals surface area contributed by atoms with Crippen LogP contribution in [0.1, 0.15) is 5.56 Å². The molecule has 1 aromatic heterocycles. The highest BCUT2D eigenvalue weighted by Crippen LogP contribution is 2.30. The zero-order chi connectivity index (χ0) is 13.4. The Kier molecular flexibility index (Phi) is 2.59. The van der Waals surface area contributed by atoms with Crippen LogP contribution in [0.4, 0.5) is 5.69 Å². The summed E-state index contributed by atoms with van der Waals surface area (Å²) in [5.41, 5.74) is 10.0. The summed E-state index contributed by atoms with van der Waals surface area (Å²) >= 11 is 0. The molecule has 2 aromatic carbocycles. The van der Waals surface area contributed by atoms with Gasteiger partial charge >= 0.3 is 0 Å². The van der Waals surface area contributed by atoms with Crippen molar-refractivity contribution >= 4 is 16.7 Å². The molecule has 0 saturated heterocycles. The van der Waals surface area contributed by atoms with E-state index in [0.717, 1.165) is 22.3 Å². The highest BCUT2D eigenvalue weighted by molar-refractivity contribution is 5.74. The normalized spacial score (nSPS) is 10.8. The number of methoxy groups -OCH3 is 1. The molecule has 3 rings (SSSR count). The molecular formula is C14H14N4O. The summed E-state index contributed by atoms with van der Waals surface area (Å²) in [5, 5.41) is 8.89. The lowest BCUT2D eigenvalue weighted by atomic mass is 10.2. The molecule has 0 bridgehead atoms. The fourth-order valence-electron chi connectivity index (χ4n) is 2.12. The second-order valence-corrected chi connectivity index (χ2v) is 4.38. The smallest absolute Gasteiger partial charge is 0.169 e. The van der Waals surface area contributed by atoms with E-state index < -0.39 is 0 Å². The first-order chi connectivity index (χ1) is 9.19. The lowest BCUT2D eigenvalue weighted by Crippen LogP contribution is -2.04. The van der Waals surface area contributed by atoms with Gasteiger partial charge in [0, 0.05) is 0 Å². The second kappa shape index (κ2) is 4.28. The maximum atomic E-state index is 5.97. The second-order valence-electron chi connectivity index (χ2n) is 4.38. The van der Waals surface area contributed by atoms with E-state index in [2.05, 4.69) is 10.2 Å². The topological polar surface area (TPSA) is 66.0 Å². The highest BCUT2D eigenvalue weighted by Gasteiger charge is 2.13. The summed E-state index contributed by atoms with van der Waals surface area (Å²) < 4.78 is 5.36. The third kappa shape index (κ3) is 1.89. The van der Waals surface area contributed by atoms with Crippen LogP contribution in [0.2, 0.25) is 0 Å². The molecule has 5 nitrogen and oxygen atoms in total. The van der Waals surface area contributed by atoms with E-state index in [0.29, 0.717) is 11.4 Å². The average molecular weight is 254 g/mol. The number of aromatic nitrogens is 3. The number of hydrogen-bond donors (Lipinski definition) is 1. The third-order valence-corrected chi connectivity index (χ3v) is 2.95. The molecule has 0 aliphatic rings. The Balaban J connectivity index is 2.25. The van der Waals surface area contributed by atoms with E-state index in [9.17, 15) is 0 Å². The minimum atomic E-state index is 0.582. The quantitative estimate of drug-likeness (QED) is 0.713. The molecule has 5 heteroatoms. The van der Waals surface area contributed by atoms with Gasteiger partial charge in [-0.05, 0) is 36.8 Å². The van der Waals surface area contributed by atoms with Gasteiger partial charge in [0.15, 0.2) is 5.75 Å². The van der Waals surface area contributed by atoms with Crippen LogP contribution < -0.4 is 10.5 Å². The van der Waals surface area contributed by atoms with Gasteiger partial charge in [0.25, 0.3) is 0 Å². The fourth-order valence-corrected chi connectivity index (χ4v) is 2.12. The molecule has 0 unspecified atom stereocenters. The minimum absolute atomic E-state index is 0.582. The maximum Gasteiger partial charge on any atom is 0.169 e. The van der Waals surface area contributed by atoms with Crippen molar-refractivity contribution in [2.75, 3.05) is 12.8 Å². The summed E-state index contributed by atoms with van der Waals surface area (Å²) in [6.07, 6.45) is 0. The zero-order valence-corrected chi connectivity index (χ0v) is 10.8. The monoisotopic (exact) mass is 254 g/mol. The molecule has 0 aliphatic carbocycles. The van der Waals surface area contributed by atoms with Crippen molar-refractivity contribution in [2.45, 2.75) is 6.92 Å².